The van der Waals surface area contributed by atoms with Crippen molar-refractivity contribution in [3.05, 3.63) is 24.3 Å². The molecular weight excluding hydrogens is 707 g/mol. The molecule has 6 nitrogen and oxygen atoms in total. The molecule has 336 valence electrons. The lowest BCUT2D eigenvalue weighted by Gasteiger charge is -2.20. The summed E-state index contributed by atoms with van der Waals surface area (Å²) in [6.07, 6.45) is 54.6. The quantitative estimate of drug-likeness (QED) is 0.0324. The third kappa shape index (κ3) is 43.7. The second-order valence-electron chi connectivity index (χ2n) is 17.1. The molecule has 0 heterocycles. The van der Waals surface area contributed by atoms with Gasteiger partial charge in [-0.05, 0) is 57.8 Å². The minimum absolute atomic E-state index is 0.0374. The van der Waals surface area contributed by atoms with Crippen LogP contribution in [0, 0.1) is 0 Å². The summed E-state index contributed by atoms with van der Waals surface area (Å²) in [6.45, 7) is 4.81. The van der Waals surface area contributed by atoms with Crippen molar-refractivity contribution in [3.8, 4) is 0 Å². The van der Waals surface area contributed by atoms with Crippen molar-refractivity contribution in [2.24, 2.45) is 0 Å². The number of rotatable bonds is 46. The molecule has 0 aliphatic carbocycles. The molecule has 0 fully saturated rings. The molecule has 57 heavy (non-hydrogen) atoms. The van der Waals surface area contributed by atoms with E-state index in [-0.39, 0.29) is 18.5 Å². The van der Waals surface area contributed by atoms with E-state index in [4.69, 9.17) is 4.74 Å². The van der Waals surface area contributed by atoms with Gasteiger partial charge >= 0.3 is 5.97 Å². The SMILES string of the molecule is CCCCC/C=C\CCCCCCCC(=O)OCCCCCCCCCCCC(=O)NC(CO)C(O)/C=C/CCCCCCCCCCCCCCCCCCC. The number of esters is 1. The fourth-order valence-corrected chi connectivity index (χ4v) is 7.57. The topological polar surface area (TPSA) is 95.9 Å². The van der Waals surface area contributed by atoms with Gasteiger partial charge in [0.05, 0.1) is 25.4 Å². The minimum atomic E-state index is -0.862. The molecule has 3 N–H and O–H groups in total. The summed E-state index contributed by atoms with van der Waals surface area (Å²) in [6, 6.07) is -0.648. The Bertz CT molecular complexity index is 889. The molecule has 0 bridgehead atoms. The molecule has 0 aromatic heterocycles. The molecule has 2 unspecified atom stereocenters. The average molecular weight is 804 g/mol. The number of hydrogen-bond acceptors (Lipinski definition) is 5. The summed E-state index contributed by atoms with van der Waals surface area (Å²) in [7, 11) is 0. The van der Waals surface area contributed by atoms with Crippen LogP contribution in [0.15, 0.2) is 24.3 Å². The first kappa shape index (κ1) is 55.3. The predicted octanol–water partition coefficient (Wildman–Crippen LogP) is 14.7. The Labute approximate surface area is 354 Å². The molecule has 0 saturated heterocycles. The van der Waals surface area contributed by atoms with Crippen LogP contribution in [0.2, 0.25) is 0 Å². The number of carbonyl (C=O) groups excluding carboxylic acids is 2. The van der Waals surface area contributed by atoms with Crippen molar-refractivity contribution < 1.29 is 24.5 Å². The number of aliphatic hydroxyl groups is 2. The van der Waals surface area contributed by atoms with Crippen LogP contribution in [0.5, 0.6) is 0 Å². The number of unbranched alkanes of at least 4 members (excludes halogenated alkanes) is 33. The maximum Gasteiger partial charge on any atom is 0.305 e. The van der Waals surface area contributed by atoms with E-state index in [1.807, 2.05) is 6.08 Å². The fourth-order valence-electron chi connectivity index (χ4n) is 7.57. The Hall–Kier alpha value is -1.66. The van der Waals surface area contributed by atoms with E-state index in [2.05, 4.69) is 31.3 Å². The fraction of sp³-hybridized carbons (Fsp3) is 0.882. The zero-order valence-electron chi connectivity index (χ0n) is 38.1. The van der Waals surface area contributed by atoms with Gasteiger partial charge in [0, 0.05) is 12.8 Å². The van der Waals surface area contributed by atoms with E-state index in [0.717, 1.165) is 57.8 Å². The Kier molecular flexibility index (Phi) is 45.7. The lowest BCUT2D eigenvalue weighted by Crippen LogP contribution is -2.45. The van der Waals surface area contributed by atoms with Crippen LogP contribution in [-0.4, -0.2) is 47.4 Å². The van der Waals surface area contributed by atoms with Crippen LogP contribution in [0.25, 0.3) is 0 Å². The highest BCUT2D eigenvalue weighted by Gasteiger charge is 2.18. The number of hydrogen-bond donors (Lipinski definition) is 3. The van der Waals surface area contributed by atoms with Gasteiger partial charge < -0.3 is 20.3 Å². The second-order valence-corrected chi connectivity index (χ2v) is 17.1. The first-order valence-electron chi connectivity index (χ1n) is 25.1. The molecule has 0 aromatic rings. The van der Waals surface area contributed by atoms with Gasteiger partial charge in [-0.3, -0.25) is 9.59 Å². The summed E-state index contributed by atoms with van der Waals surface area (Å²) in [4.78, 5) is 24.4. The van der Waals surface area contributed by atoms with Crippen molar-refractivity contribution in [1.29, 1.82) is 0 Å². The van der Waals surface area contributed by atoms with Crippen LogP contribution in [0.3, 0.4) is 0 Å². The highest BCUT2D eigenvalue weighted by Crippen LogP contribution is 2.16. The number of allylic oxidation sites excluding steroid dienone is 3. The molecule has 6 heteroatoms. The number of nitrogens with one attached hydrogen (secondary N) is 1. The van der Waals surface area contributed by atoms with Gasteiger partial charge in [0.1, 0.15) is 0 Å². The molecule has 2 atom stereocenters. The number of amides is 1. The normalized spacial score (nSPS) is 12.8. The smallest absolute Gasteiger partial charge is 0.305 e. The summed E-state index contributed by atoms with van der Waals surface area (Å²) < 4.78 is 5.43. The minimum Gasteiger partial charge on any atom is -0.466 e. The number of ether oxygens (including phenoxy) is 1. The molecule has 0 radical (unpaired) electrons. The molecule has 1 amide bonds. The largest absolute Gasteiger partial charge is 0.466 e. The van der Waals surface area contributed by atoms with Crippen molar-refractivity contribution >= 4 is 11.9 Å². The molecule has 0 spiro atoms. The summed E-state index contributed by atoms with van der Waals surface area (Å²) in [5.41, 5.74) is 0. The van der Waals surface area contributed by atoms with Crippen molar-refractivity contribution in [1.82, 2.24) is 5.32 Å². The Morgan fingerprint density at radius 2 is 0.825 bits per heavy atom. The van der Waals surface area contributed by atoms with Crippen molar-refractivity contribution in [2.75, 3.05) is 13.2 Å². The van der Waals surface area contributed by atoms with Gasteiger partial charge in [-0.15, -0.1) is 0 Å². The van der Waals surface area contributed by atoms with Gasteiger partial charge in [-0.1, -0.05) is 218 Å². The third-order valence-electron chi connectivity index (χ3n) is 11.5. The van der Waals surface area contributed by atoms with Gasteiger partial charge in [-0.25, -0.2) is 0 Å². The zero-order chi connectivity index (χ0) is 41.5. The second kappa shape index (κ2) is 47.0. The van der Waals surface area contributed by atoms with Crippen LogP contribution in [-0.2, 0) is 14.3 Å². The van der Waals surface area contributed by atoms with Crippen LogP contribution >= 0.6 is 0 Å². The van der Waals surface area contributed by atoms with Crippen molar-refractivity contribution in [3.63, 3.8) is 0 Å². The van der Waals surface area contributed by atoms with E-state index in [9.17, 15) is 19.8 Å². The number of carbonyl (C=O) groups is 2. The van der Waals surface area contributed by atoms with E-state index in [1.54, 1.807) is 6.08 Å². The highest BCUT2D eigenvalue weighted by atomic mass is 16.5. The van der Waals surface area contributed by atoms with Gasteiger partial charge in [0.2, 0.25) is 5.91 Å². The maximum atomic E-state index is 12.4. The standard InChI is InChI=1S/C51H97NO5/c1-3-5-7-9-11-13-15-17-18-19-20-21-22-23-24-27-31-35-39-43-49(54)48(47-53)52-50(55)44-40-36-32-28-26-30-34-38-42-46-57-51(56)45-41-37-33-29-25-16-14-12-10-8-6-4-2/h12,14,39,43,48-49,53-54H,3-11,13,15-38,40-42,44-47H2,1-2H3,(H,52,55)/b14-12-,43-39+. The van der Waals surface area contributed by atoms with E-state index in [1.165, 1.54) is 180 Å². The van der Waals surface area contributed by atoms with Crippen LogP contribution < -0.4 is 5.32 Å². The molecule has 0 aliphatic rings. The maximum absolute atomic E-state index is 12.4. The van der Waals surface area contributed by atoms with Gasteiger partial charge in [0.15, 0.2) is 0 Å². The average Bonchev–Trinajstić information content (AvgIpc) is 3.21. The molecule has 0 aliphatic heterocycles. The summed E-state index contributed by atoms with van der Waals surface area (Å²) in [5.74, 6) is -0.132. The Morgan fingerprint density at radius 1 is 0.474 bits per heavy atom. The van der Waals surface area contributed by atoms with Crippen LogP contribution in [0.4, 0.5) is 0 Å². The first-order valence-corrected chi connectivity index (χ1v) is 25.1. The van der Waals surface area contributed by atoms with Crippen LogP contribution in [0.1, 0.15) is 264 Å². The predicted molar refractivity (Wildman–Crippen MR) is 246 cm³/mol. The van der Waals surface area contributed by atoms with E-state index in [0.29, 0.717) is 19.4 Å². The van der Waals surface area contributed by atoms with Gasteiger partial charge in [-0.2, -0.15) is 0 Å². The van der Waals surface area contributed by atoms with E-state index < -0.39 is 12.1 Å². The lowest BCUT2D eigenvalue weighted by atomic mass is 10.0. The Balaban J connectivity index is 3.55. The highest BCUT2D eigenvalue weighted by molar-refractivity contribution is 5.76. The first-order chi connectivity index (χ1) is 28.0. The van der Waals surface area contributed by atoms with Gasteiger partial charge in [0.25, 0.3) is 0 Å². The monoisotopic (exact) mass is 804 g/mol. The van der Waals surface area contributed by atoms with Crippen molar-refractivity contribution in [2.45, 2.75) is 276 Å². The molecular formula is C51H97NO5. The van der Waals surface area contributed by atoms with E-state index >= 15 is 0 Å². The molecule has 0 aromatic carbocycles. The Morgan fingerprint density at radius 3 is 1.28 bits per heavy atom. The number of aliphatic hydroxyl groups excluding tert-OH is 2. The zero-order valence-corrected chi connectivity index (χ0v) is 38.1. The summed E-state index contributed by atoms with van der Waals surface area (Å²) >= 11 is 0. The summed E-state index contributed by atoms with van der Waals surface area (Å²) in [5, 5.41) is 23.1. The lowest BCUT2D eigenvalue weighted by molar-refractivity contribution is -0.143. The molecule has 0 saturated carbocycles. The third-order valence-corrected chi connectivity index (χ3v) is 11.5. The molecule has 0 rings (SSSR count).